The zero-order chi connectivity index (χ0) is 20.6. The Morgan fingerprint density at radius 3 is 1.90 bits per heavy atom. The van der Waals surface area contributed by atoms with Crippen LogP contribution in [0.3, 0.4) is 0 Å². The zero-order valence-corrected chi connectivity index (χ0v) is 16.4. The third-order valence-corrected chi connectivity index (χ3v) is 4.57. The summed E-state index contributed by atoms with van der Waals surface area (Å²) >= 11 is 0. The van der Waals surface area contributed by atoms with Crippen molar-refractivity contribution in [3.8, 4) is 17.2 Å². The normalized spacial score (nSPS) is 10.4. The first-order chi connectivity index (χ1) is 14.7. The smallest absolute Gasteiger partial charge is 0.127 e. The van der Waals surface area contributed by atoms with Crippen LogP contribution in [0.2, 0.25) is 0 Å². The van der Waals surface area contributed by atoms with Gasteiger partial charge in [0.15, 0.2) is 0 Å². The highest BCUT2D eigenvalue weighted by Gasteiger charge is 2.00. The van der Waals surface area contributed by atoms with Crippen LogP contribution in [0.25, 0.3) is 0 Å². The fourth-order valence-corrected chi connectivity index (χ4v) is 2.92. The molecule has 4 aromatic rings. The standard InChI is InChI=1S/C26H22FNO2/c27-22-10-6-21(7-11-22)19-29-24-14-8-20(9-15-24)18-28-23-12-16-26(17-13-23)30-25-4-2-1-3-5-25/h1-17,28H,18-19H2. The Balaban J connectivity index is 1.26. The first kappa shape index (κ1) is 19.5. The number of rotatable bonds is 8. The molecular weight excluding hydrogens is 377 g/mol. The topological polar surface area (TPSA) is 30.5 Å². The Hall–Kier alpha value is -3.79. The molecule has 3 nitrogen and oxygen atoms in total. The first-order valence-corrected chi connectivity index (χ1v) is 9.78. The zero-order valence-electron chi connectivity index (χ0n) is 16.4. The minimum Gasteiger partial charge on any atom is -0.489 e. The molecule has 150 valence electrons. The molecule has 4 rings (SSSR count). The van der Waals surface area contributed by atoms with E-state index in [2.05, 4.69) is 5.32 Å². The van der Waals surface area contributed by atoms with E-state index >= 15 is 0 Å². The lowest BCUT2D eigenvalue weighted by Crippen LogP contribution is -2.00. The molecule has 30 heavy (non-hydrogen) atoms. The van der Waals surface area contributed by atoms with Gasteiger partial charge in [-0.1, -0.05) is 42.5 Å². The van der Waals surface area contributed by atoms with Crippen LogP contribution in [0.15, 0.2) is 103 Å². The number of hydrogen-bond donors (Lipinski definition) is 1. The number of ether oxygens (including phenoxy) is 2. The van der Waals surface area contributed by atoms with E-state index < -0.39 is 0 Å². The molecule has 0 aliphatic carbocycles. The minimum atomic E-state index is -0.242. The highest BCUT2D eigenvalue weighted by Crippen LogP contribution is 2.23. The molecule has 4 aromatic carbocycles. The SMILES string of the molecule is Fc1ccc(COc2ccc(CNc3ccc(Oc4ccccc4)cc3)cc2)cc1. The molecule has 0 aliphatic heterocycles. The maximum absolute atomic E-state index is 12.9. The highest BCUT2D eigenvalue weighted by molar-refractivity contribution is 5.47. The molecule has 0 radical (unpaired) electrons. The van der Waals surface area contributed by atoms with Crippen LogP contribution in [0.1, 0.15) is 11.1 Å². The average Bonchev–Trinajstić information content (AvgIpc) is 2.80. The van der Waals surface area contributed by atoms with Crippen molar-refractivity contribution in [3.63, 3.8) is 0 Å². The van der Waals surface area contributed by atoms with Gasteiger partial charge in [-0.2, -0.15) is 0 Å². The second-order valence-corrected chi connectivity index (χ2v) is 6.85. The Kier molecular flexibility index (Phi) is 6.25. The summed E-state index contributed by atoms with van der Waals surface area (Å²) in [6.45, 7) is 1.12. The molecule has 4 heteroatoms. The number of benzene rings is 4. The van der Waals surface area contributed by atoms with Crippen molar-refractivity contribution in [2.24, 2.45) is 0 Å². The van der Waals surface area contributed by atoms with E-state index in [1.165, 1.54) is 12.1 Å². The molecular formula is C26H22FNO2. The molecule has 0 aliphatic rings. The molecule has 0 aromatic heterocycles. The lowest BCUT2D eigenvalue weighted by Gasteiger charge is -2.10. The van der Waals surface area contributed by atoms with Crippen LogP contribution in [-0.2, 0) is 13.2 Å². The summed E-state index contributed by atoms with van der Waals surface area (Å²) in [5, 5.41) is 3.40. The van der Waals surface area contributed by atoms with E-state index in [9.17, 15) is 4.39 Å². The molecule has 0 saturated heterocycles. The molecule has 0 fully saturated rings. The van der Waals surface area contributed by atoms with Gasteiger partial charge in [0.2, 0.25) is 0 Å². The summed E-state index contributed by atoms with van der Waals surface area (Å²) < 4.78 is 24.5. The van der Waals surface area contributed by atoms with Gasteiger partial charge in [0.05, 0.1) is 0 Å². The van der Waals surface area contributed by atoms with Gasteiger partial charge in [-0.05, 0) is 71.8 Å². The molecule has 0 amide bonds. The van der Waals surface area contributed by atoms with Gasteiger partial charge in [-0.25, -0.2) is 4.39 Å². The van der Waals surface area contributed by atoms with Gasteiger partial charge in [-0.15, -0.1) is 0 Å². The molecule has 0 spiro atoms. The maximum Gasteiger partial charge on any atom is 0.127 e. The molecule has 0 heterocycles. The summed E-state index contributed by atoms with van der Waals surface area (Å²) in [5.41, 5.74) is 3.10. The van der Waals surface area contributed by atoms with Crippen LogP contribution in [0.5, 0.6) is 17.2 Å². The monoisotopic (exact) mass is 399 g/mol. The van der Waals surface area contributed by atoms with Gasteiger partial charge < -0.3 is 14.8 Å². The second-order valence-electron chi connectivity index (χ2n) is 6.85. The third kappa shape index (κ3) is 5.61. The van der Waals surface area contributed by atoms with Crippen molar-refractivity contribution in [1.29, 1.82) is 0 Å². The molecule has 1 N–H and O–H groups in total. The Morgan fingerprint density at radius 1 is 0.600 bits per heavy atom. The Labute approximate surface area is 175 Å². The molecule has 0 unspecified atom stereocenters. The minimum absolute atomic E-state index is 0.242. The predicted octanol–water partition coefficient (Wildman–Crippen LogP) is 6.81. The summed E-state index contributed by atoms with van der Waals surface area (Å²) in [4.78, 5) is 0. The van der Waals surface area contributed by atoms with Crippen LogP contribution >= 0.6 is 0 Å². The first-order valence-electron chi connectivity index (χ1n) is 9.78. The number of anilines is 1. The van der Waals surface area contributed by atoms with Crippen molar-refractivity contribution in [1.82, 2.24) is 0 Å². The summed E-state index contributed by atoms with van der Waals surface area (Å²) in [6, 6.07) is 31.9. The molecule has 0 atom stereocenters. The van der Waals surface area contributed by atoms with Gasteiger partial charge >= 0.3 is 0 Å². The van der Waals surface area contributed by atoms with E-state index in [0.717, 1.165) is 34.1 Å². The Morgan fingerprint density at radius 2 is 1.20 bits per heavy atom. The predicted molar refractivity (Wildman–Crippen MR) is 117 cm³/mol. The Bertz CT molecular complexity index is 1050. The van der Waals surface area contributed by atoms with E-state index in [4.69, 9.17) is 9.47 Å². The van der Waals surface area contributed by atoms with E-state index in [1.807, 2.05) is 78.9 Å². The average molecular weight is 399 g/mol. The van der Waals surface area contributed by atoms with Crippen LogP contribution in [0, 0.1) is 5.82 Å². The lowest BCUT2D eigenvalue weighted by molar-refractivity contribution is 0.306. The number of hydrogen-bond acceptors (Lipinski definition) is 3. The molecule has 0 saturated carbocycles. The number of halogens is 1. The van der Waals surface area contributed by atoms with Crippen molar-refractivity contribution < 1.29 is 13.9 Å². The van der Waals surface area contributed by atoms with Crippen molar-refractivity contribution in [3.05, 3.63) is 120 Å². The maximum atomic E-state index is 12.9. The lowest BCUT2D eigenvalue weighted by atomic mass is 10.2. The quantitative estimate of drug-likeness (QED) is 0.353. The highest BCUT2D eigenvalue weighted by atomic mass is 19.1. The van der Waals surface area contributed by atoms with Gasteiger partial charge in [-0.3, -0.25) is 0 Å². The van der Waals surface area contributed by atoms with Crippen LogP contribution in [-0.4, -0.2) is 0 Å². The summed E-state index contributed by atoms with van der Waals surface area (Å²) in [6.07, 6.45) is 0. The van der Waals surface area contributed by atoms with Gasteiger partial charge in [0.25, 0.3) is 0 Å². The summed E-state index contributed by atoms with van der Waals surface area (Å²) in [5.74, 6) is 2.16. The third-order valence-electron chi connectivity index (χ3n) is 4.57. The van der Waals surface area contributed by atoms with Crippen molar-refractivity contribution >= 4 is 5.69 Å². The van der Waals surface area contributed by atoms with Crippen LogP contribution < -0.4 is 14.8 Å². The molecule has 0 bridgehead atoms. The van der Waals surface area contributed by atoms with E-state index in [0.29, 0.717) is 13.2 Å². The largest absolute Gasteiger partial charge is 0.489 e. The van der Waals surface area contributed by atoms with Crippen molar-refractivity contribution in [2.75, 3.05) is 5.32 Å². The fraction of sp³-hybridized carbons (Fsp3) is 0.0769. The number of nitrogens with one attached hydrogen (secondary N) is 1. The summed E-state index contributed by atoms with van der Waals surface area (Å²) in [7, 11) is 0. The van der Waals surface area contributed by atoms with Crippen LogP contribution in [0.4, 0.5) is 10.1 Å². The number of para-hydroxylation sites is 1. The van der Waals surface area contributed by atoms with E-state index in [1.54, 1.807) is 12.1 Å². The fourth-order valence-electron chi connectivity index (χ4n) is 2.92. The van der Waals surface area contributed by atoms with Gasteiger partial charge in [0, 0.05) is 12.2 Å². The van der Waals surface area contributed by atoms with Crippen molar-refractivity contribution in [2.45, 2.75) is 13.2 Å². The second kappa shape index (κ2) is 9.61. The van der Waals surface area contributed by atoms with E-state index in [-0.39, 0.29) is 5.82 Å². The van der Waals surface area contributed by atoms with Gasteiger partial charge in [0.1, 0.15) is 29.7 Å².